The largest absolute Gasteiger partial charge is 0.481 e. The third kappa shape index (κ3) is 2.31. The lowest BCUT2D eigenvalue weighted by Crippen LogP contribution is -2.36. The van der Waals surface area contributed by atoms with E-state index in [1.165, 1.54) is 0 Å². The average molecular weight is 183 g/mol. The van der Waals surface area contributed by atoms with Crippen molar-refractivity contribution in [3.8, 4) is 0 Å². The Morgan fingerprint density at radius 3 is 2.85 bits per heavy atom. The number of rotatable bonds is 4. The Bertz CT molecular complexity index is 305. The maximum Gasteiger partial charge on any atom is 0.307 e. The van der Waals surface area contributed by atoms with Gasteiger partial charge in [-0.25, -0.2) is 9.13 Å². The number of hydrogen-bond acceptors (Lipinski definition) is 1. The molecule has 1 heterocycles. The van der Waals surface area contributed by atoms with Crippen LogP contribution in [0.2, 0.25) is 0 Å². The van der Waals surface area contributed by atoms with E-state index >= 15 is 0 Å². The van der Waals surface area contributed by atoms with Gasteiger partial charge in [0.2, 0.25) is 0 Å². The first-order valence-electron chi connectivity index (χ1n) is 4.42. The smallest absolute Gasteiger partial charge is 0.307 e. The van der Waals surface area contributed by atoms with E-state index in [2.05, 4.69) is 11.5 Å². The van der Waals surface area contributed by atoms with Crippen LogP contribution in [-0.2, 0) is 17.9 Å². The first kappa shape index (κ1) is 9.77. The third-order valence-corrected chi connectivity index (χ3v) is 2.17. The van der Waals surface area contributed by atoms with Crippen molar-refractivity contribution >= 4 is 5.97 Å². The number of imidazole rings is 1. The molecular formula is C9H15N2O2+. The van der Waals surface area contributed by atoms with Crippen molar-refractivity contribution in [2.75, 3.05) is 0 Å². The van der Waals surface area contributed by atoms with Gasteiger partial charge in [-0.2, -0.15) is 0 Å². The molecule has 0 bridgehead atoms. The number of carboxylic acids is 1. The number of aryl methyl sites for hydroxylation is 2. The summed E-state index contributed by atoms with van der Waals surface area (Å²) in [5, 5.41) is 8.51. The summed E-state index contributed by atoms with van der Waals surface area (Å²) in [6, 6.07) is 0. The summed E-state index contributed by atoms with van der Waals surface area (Å²) in [5.74, 6) is 0.347. The van der Waals surface area contributed by atoms with E-state index < -0.39 is 5.97 Å². The number of carbonyl (C=O) groups is 1. The van der Waals surface area contributed by atoms with E-state index in [0.29, 0.717) is 6.54 Å². The molecule has 0 aliphatic carbocycles. The summed E-state index contributed by atoms with van der Waals surface area (Å²) in [5.41, 5.74) is 0. The fraction of sp³-hybridized carbons (Fsp3) is 0.556. The predicted octanol–water partition coefficient (Wildman–Crippen LogP) is 0.579. The second kappa shape index (κ2) is 4.07. The maximum absolute atomic E-state index is 10.3. The topological polar surface area (TPSA) is 46.1 Å². The molecule has 1 rings (SSSR count). The van der Waals surface area contributed by atoms with E-state index in [4.69, 9.17) is 5.11 Å². The lowest BCUT2D eigenvalue weighted by atomic mass is 10.4. The molecule has 0 spiro atoms. The third-order valence-electron chi connectivity index (χ3n) is 2.17. The number of hydrogen-bond donors (Lipinski definition) is 1. The minimum absolute atomic E-state index is 0.180. The quantitative estimate of drug-likeness (QED) is 0.694. The van der Waals surface area contributed by atoms with Crippen molar-refractivity contribution in [1.29, 1.82) is 0 Å². The highest BCUT2D eigenvalue weighted by molar-refractivity contribution is 5.66. The van der Waals surface area contributed by atoms with Gasteiger partial charge < -0.3 is 5.11 Å². The summed E-state index contributed by atoms with van der Waals surface area (Å²) in [6.45, 7) is 5.53. The Balaban J connectivity index is 2.67. The Labute approximate surface area is 77.4 Å². The van der Waals surface area contributed by atoms with Crippen LogP contribution in [0.1, 0.15) is 19.2 Å². The molecule has 13 heavy (non-hydrogen) atoms. The number of carboxylic acid groups (broad SMARTS) is 1. The molecule has 0 radical (unpaired) electrons. The first-order valence-corrected chi connectivity index (χ1v) is 4.42. The highest BCUT2D eigenvalue weighted by atomic mass is 16.4. The molecule has 4 nitrogen and oxygen atoms in total. The van der Waals surface area contributed by atoms with Crippen LogP contribution in [0, 0.1) is 6.92 Å². The molecule has 0 aliphatic heterocycles. The summed E-state index contributed by atoms with van der Waals surface area (Å²) in [7, 11) is 0. The van der Waals surface area contributed by atoms with E-state index in [1.54, 1.807) is 0 Å². The van der Waals surface area contributed by atoms with Gasteiger partial charge in [0.05, 0.1) is 13.0 Å². The minimum atomic E-state index is -0.754. The van der Waals surface area contributed by atoms with Crippen LogP contribution >= 0.6 is 0 Å². The normalized spacial score (nSPS) is 10.3. The van der Waals surface area contributed by atoms with Gasteiger partial charge in [0.25, 0.3) is 5.82 Å². The fourth-order valence-corrected chi connectivity index (χ4v) is 1.33. The molecule has 0 amide bonds. The second-order valence-corrected chi connectivity index (χ2v) is 2.97. The van der Waals surface area contributed by atoms with Crippen molar-refractivity contribution in [3.63, 3.8) is 0 Å². The van der Waals surface area contributed by atoms with E-state index in [0.717, 1.165) is 12.4 Å². The lowest BCUT2D eigenvalue weighted by molar-refractivity contribution is -0.701. The van der Waals surface area contributed by atoms with E-state index in [9.17, 15) is 4.79 Å². The van der Waals surface area contributed by atoms with Crippen molar-refractivity contribution in [1.82, 2.24) is 4.57 Å². The zero-order valence-electron chi connectivity index (χ0n) is 8.03. The number of aliphatic carboxylic acids is 1. The molecule has 0 aliphatic rings. The van der Waals surface area contributed by atoms with Crippen molar-refractivity contribution < 1.29 is 14.5 Å². The fourth-order valence-electron chi connectivity index (χ4n) is 1.33. The molecule has 0 saturated carbocycles. The average Bonchev–Trinajstić information content (AvgIpc) is 2.43. The molecule has 1 aromatic heterocycles. The Morgan fingerprint density at radius 2 is 2.38 bits per heavy atom. The van der Waals surface area contributed by atoms with E-state index in [-0.39, 0.29) is 6.42 Å². The van der Waals surface area contributed by atoms with Gasteiger partial charge in [-0.1, -0.05) is 0 Å². The van der Waals surface area contributed by atoms with Gasteiger partial charge in [-0.15, -0.1) is 0 Å². The second-order valence-electron chi connectivity index (χ2n) is 2.97. The van der Waals surface area contributed by atoms with Crippen LogP contribution in [0.15, 0.2) is 12.4 Å². The highest BCUT2D eigenvalue weighted by Crippen LogP contribution is 1.93. The summed E-state index contributed by atoms with van der Waals surface area (Å²) >= 11 is 0. The van der Waals surface area contributed by atoms with Gasteiger partial charge in [0, 0.05) is 6.92 Å². The molecule has 0 fully saturated rings. The van der Waals surface area contributed by atoms with Crippen molar-refractivity contribution in [2.45, 2.75) is 33.4 Å². The van der Waals surface area contributed by atoms with Crippen LogP contribution in [0.25, 0.3) is 0 Å². The van der Waals surface area contributed by atoms with Gasteiger partial charge in [0.1, 0.15) is 18.9 Å². The summed E-state index contributed by atoms with van der Waals surface area (Å²) in [4.78, 5) is 10.3. The Kier molecular flexibility index (Phi) is 3.06. The molecule has 1 aromatic rings. The zero-order valence-corrected chi connectivity index (χ0v) is 8.03. The molecule has 72 valence electrons. The first-order chi connectivity index (χ1) is 6.15. The Hall–Kier alpha value is -1.32. The molecule has 0 unspecified atom stereocenters. The lowest BCUT2D eigenvalue weighted by Gasteiger charge is -1.96. The van der Waals surface area contributed by atoms with E-state index in [1.807, 2.05) is 23.9 Å². The number of nitrogens with zero attached hydrogens (tertiary/aromatic N) is 2. The van der Waals surface area contributed by atoms with Crippen molar-refractivity contribution in [2.24, 2.45) is 0 Å². The molecular weight excluding hydrogens is 168 g/mol. The predicted molar refractivity (Wildman–Crippen MR) is 47.3 cm³/mol. The minimum Gasteiger partial charge on any atom is -0.481 e. The van der Waals surface area contributed by atoms with Crippen LogP contribution in [0.5, 0.6) is 0 Å². The molecule has 0 aromatic carbocycles. The molecule has 0 atom stereocenters. The maximum atomic E-state index is 10.3. The van der Waals surface area contributed by atoms with Crippen LogP contribution in [0.3, 0.4) is 0 Å². The SMILES string of the molecule is CCn1cc[n+](CCC(=O)O)c1C. The Morgan fingerprint density at radius 1 is 1.69 bits per heavy atom. The molecule has 0 saturated heterocycles. The standard InChI is InChI=1S/C9H14N2O2/c1-3-10-6-7-11(8(10)2)5-4-9(12)13/h6-7H,3-5H2,1-2H3/p+1. The monoisotopic (exact) mass is 183 g/mol. The number of aromatic nitrogens is 2. The van der Waals surface area contributed by atoms with Crippen LogP contribution in [0.4, 0.5) is 0 Å². The molecule has 4 heteroatoms. The summed E-state index contributed by atoms with van der Waals surface area (Å²) in [6.07, 6.45) is 4.07. The van der Waals surface area contributed by atoms with Gasteiger partial charge in [-0.05, 0) is 6.92 Å². The van der Waals surface area contributed by atoms with Gasteiger partial charge >= 0.3 is 5.97 Å². The van der Waals surface area contributed by atoms with Crippen LogP contribution < -0.4 is 4.57 Å². The van der Waals surface area contributed by atoms with Gasteiger partial charge in [-0.3, -0.25) is 4.79 Å². The van der Waals surface area contributed by atoms with Crippen LogP contribution in [-0.4, -0.2) is 15.6 Å². The molecule has 1 N–H and O–H groups in total. The zero-order chi connectivity index (χ0) is 9.84. The van der Waals surface area contributed by atoms with Crippen molar-refractivity contribution in [3.05, 3.63) is 18.2 Å². The summed E-state index contributed by atoms with van der Waals surface area (Å²) < 4.78 is 4.04. The van der Waals surface area contributed by atoms with Gasteiger partial charge in [0.15, 0.2) is 0 Å². The highest BCUT2D eigenvalue weighted by Gasteiger charge is 2.10.